The minimum atomic E-state index is -0.0866. The summed E-state index contributed by atoms with van der Waals surface area (Å²) in [7, 11) is 0. The summed E-state index contributed by atoms with van der Waals surface area (Å²) in [6.45, 7) is 1.99. The first-order chi connectivity index (χ1) is 8.75. The molecule has 0 amide bonds. The third-order valence-electron chi connectivity index (χ3n) is 3.07. The van der Waals surface area contributed by atoms with Gasteiger partial charge in [-0.3, -0.25) is 9.78 Å². The SMILES string of the molecule is Cc1c[nH]c(=O)cc1-c1ccnc2ccccc12. The van der Waals surface area contributed by atoms with E-state index in [4.69, 9.17) is 0 Å². The van der Waals surface area contributed by atoms with Gasteiger partial charge in [-0.05, 0) is 35.7 Å². The predicted octanol–water partition coefficient (Wildman–Crippen LogP) is 2.90. The highest BCUT2D eigenvalue weighted by Gasteiger charge is 2.07. The van der Waals surface area contributed by atoms with Crippen LogP contribution in [0.2, 0.25) is 0 Å². The summed E-state index contributed by atoms with van der Waals surface area (Å²) in [5.41, 5.74) is 3.90. The van der Waals surface area contributed by atoms with Crippen molar-refractivity contribution in [1.29, 1.82) is 0 Å². The van der Waals surface area contributed by atoms with Crippen molar-refractivity contribution < 1.29 is 0 Å². The molecule has 0 atom stereocenters. The number of hydrogen-bond donors (Lipinski definition) is 1. The summed E-state index contributed by atoms with van der Waals surface area (Å²) in [6.07, 6.45) is 3.52. The molecule has 3 heteroatoms. The number of nitrogens with zero attached hydrogens (tertiary/aromatic N) is 1. The van der Waals surface area contributed by atoms with Crippen molar-refractivity contribution in [3.05, 3.63) is 64.7 Å². The number of aromatic amines is 1. The Labute approximate surface area is 104 Å². The number of pyridine rings is 2. The summed E-state index contributed by atoms with van der Waals surface area (Å²) in [5.74, 6) is 0. The lowest BCUT2D eigenvalue weighted by Gasteiger charge is -2.08. The molecule has 0 spiro atoms. The van der Waals surface area contributed by atoms with Crippen LogP contribution in [0.5, 0.6) is 0 Å². The summed E-state index contributed by atoms with van der Waals surface area (Å²) < 4.78 is 0. The van der Waals surface area contributed by atoms with Gasteiger partial charge in [0.1, 0.15) is 0 Å². The smallest absolute Gasteiger partial charge is 0.248 e. The van der Waals surface area contributed by atoms with E-state index in [1.165, 1.54) is 0 Å². The van der Waals surface area contributed by atoms with Crippen molar-refractivity contribution in [1.82, 2.24) is 9.97 Å². The van der Waals surface area contributed by atoms with Crippen LogP contribution in [0.3, 0.4) is 0 Å². The zero-order valence-electron chi connectivity index (χ0n) is 9.97. The number of H-pyrrole nitrogens is 1. The van der Waals surface area contributed by atoms with E-state index < -0.39 is 0 Å². The number of nitrogens with one attached hydrogen (secondary N) is 1. The van der Waals surface area contributed by atoms with E-state index >= 15 is 0 Å². The molecule has 0 saturated carbocycles. The quantitative estimate of drug-likeness (QED) is 0.706. The van der Waals surface area contributed by atoms with Gasteiger partial charge in [-0.25, -0.2) is 0 Å². The van der Waals surface area contributed by atoms with Gasteiger partial charge in [0, 0.05) is 23.8 Å². The van der Waals surface area contributed by atoms with Crippen LogP contribution < -0.4 is 5.56 Å². The summed E-state index contributed by atoms with van der Waals surface area (Å²) in [6, 6.07) is 11.5. The van der Waals surface area contributed by atoms with Gasteiger partial charge in [-0.15, -0.1) is 0 Å². The van der Waals surface area contributed by atoms with E-state index in [1.807, 2.05) is 37.3 Å². The Morgan fingerprint density at radius 2 is 1.94 bits per heavy atom. The molecule has 2 aromatic heterocycles. The number of aryl methyl sites for hydroxylation is 1. The largest absolute Gasteiger partial charge is 0.329 e. The first-order valence-corrected chi connectivity index (χ1v) is 5.79. The number of hydrogen-bond acceptors (Lipinski definition) is 2. The van der Waals surface area contributed by atoms with Crippen LogP contribution in [0, 0.1) is 6.92 Å². The normalized spacial score (nSPS) is 10.7. The molecule has 0 unspecified atom stereocenters. The summed E-state index contributed by atoms with van der Waals surface area (Å²) in [5, 5.41) is 1.06. The fourth-order valence-corrected chi connectivity index (χ4v) is 2.16. The van der Waals surface area contributed by atoms with Gasteiger partial charge >= 0.3 is 0 Å². The molecule has 1 N–H and O–H groups in total. The number of para-hydroxylation sites is 1. The minimum absolute atomic E-state index is 0.0866. The Morgan fingerprint density at radius 3 is 2.83 bits per heavy atom. The highest BCUT2D eigenvalue weighted by molar-refractivity contribution is 5.94. The lowest BCUT2D eigenvalue weighted by atomic mass is 9.99. The second-order valence-corrected chi connectivity index (χ2v) is 4.27. The van der Waals surface area contributed by atoms with Gasteiger partial charge in [0.05, 0.1) is 5.52 Å². The lowest BCUT2D eigenvalue weighted by molar-refractivity contribution is 1.20. The monoisotopic (exact) mass is 236 g/mol. The Balaban J connectivity index is 2.38. The van der Waals surface area contributed by atoms with Gasteiger partial charge < -0.3 is 4.98 Å². The minimum Gasteiger partial charge on any atom is -0.329 e. The molecule has 0 aliphatic rings. The number of aromatic nitrogens is 2. The second-order valence-electron chi connectivity index (χ2n) is 4.27. The Bertz CT molecular complexity index is 769. The topological polar surface area (TPSA) is 45.8 Å². The molecule has 0 saturated heterocycles. The van der Waals surface area contributed by atoms with E-state index in [2.05, 4.69) is 9.97 Å². The van der Waals surface area contributed by atoms with Crippen molar-refractivity contribution in [2.75, 3.05) is 0 Å². The molecule has 3 rings (SSSR count). The number of fused-ring (bicyclic) bond motifs is 1. The van der Waals surface area contributed by atoms with Crippen LogP contribution in [0.4, 0.5) is 0 Å². The van der Waals surface area contributed by atoms with Crippen LogP contribution in [-0.2, 0) is 0 Å². The van der Waals surface area contributed by atoms with Crippen LogP contribution >= 0.6 is 0 Å². The van der Waals surface area contributed by atoms with Gasteiger partial charge in [0.2, 0.25) is 5.56 Å². The molecule has 3 nitrogen and oxygen atoms in total. The third-order valence-corrected chi connectivity index (χ3v) is 3.07. The first-order valence-electron chi connectivity index (χ1n) is 5.79. The van der Waals surface area contributed by atoms with Crippen molar-refractivity contribution in [3.8, 4) is 11.1 Å². The van der Waals surface area contributed by atoms with Gasteiger partial charge in [0.25, 0.3) is 0 Å². The van der Waals surface area contributed by atoms with E-state index in [9.17, 15) is 4.79 Å². The van der Waals surface area contributed by atoms with Crippen molar-refractivity contribution in [2.45, 2.75) is 6.92 Å². The molecule has 3 aromatic rings. The van der Waals surface area contributed by atoms with Gasteiger partial charge in [-0.2, -0.15) is 0 Å². The van der Waals surface area contributed by atoms with Crippen molar-refractivity contribution in [3.63, 3.8) is 0 Å². The van der Waals surface area contributed by atoms with Crippen LogP contribution in [0.15, 0.2) is 53.6 Å². The summed E-state index contributed by atoms with van der Waals surface area (Å²) in [4.78, 5) is 18.5. The molecule has 0 fully saturated rings. The van der Waals surface area contributed by atoms with E-state index in [-0.39, 0.29) is 5.56 Å². The van der Waals surface area contributed by atoms with E-state index in [0.29, 0.717) is 0 Å². The standard InChI is InChI=1S/C15H12N2O/c1-10-9-17-15(18)8-13(10)11-6-7-16-14-5-3-2-4-12(11)14/h2-9H,1H3,(H,17,18). The maximum absolute atomic E-state index is 11.5. The molecule has 88 valence electrons. The number of benzene rings is 1. The Kier molecular flexibility index (Phi) is 2.45. The molecule has 0 aliphatic carbocycles. The maximum atomic E-state index is 11.5. The predicted molar refractivity (Wildman–Crippen MR) is 72.5 cm³/mol. The van der Waals surface area contributed by atoms with Gasteiger partial charge in [-0.1, -0.05) is 18.2 Å². The maximum Gasteiger partial charge on any atom is 0.248 e. The number of rotatable bonds is 1. The first kappa shape index (κ1) is 10.7. The molecule has 1 aromatic carbocycles. The Morgan fingerprint density at radius 1 is 1.11 bits per heavy atom. The molecule has 0 aliphatic heterocycles. The highest BCUT2D eigenvalue weighted by Crippen LogP contribution is 2.28. The molecular weight excluding hydrogens is 224 g/mol. The fraction of sp³-hybridized carbons (Fsp3) is 0.0667. The fourth-order valence-electron chi connectivity index (χ4n) is 2.16. The van der Waals surface area contributed by atoms with E-state index in [0.717, 1.165) is 27.6 Å². The molecule has 0 radical (unpaired) electrons. The molecule has 0 bridgehead atoms. The van der Waals surface area contributed by atoms with Gasteiger partial charge in [0.15, 0.2) is 0 Å². The average Bonchev–Trinajstić information content (AvgIpc) is 2.41. The van der Waals surface area contributed by atoms with Crippen molar-refractivity contribution >= 4 is 10.9 Å². The van der Waals surface area contributed by atoms with Crippen LogP contribution in [0.25, 0.3) is 22.0 Å². The van der Waals surface area contributed by atoms with E-state index in [1.54, 1.807) is 18.5 Å². The van der Waals surface area contributed by atoms with Crippen LogP contribution in [0.1, 0.15) is 5.56 Å². The van der Waals surface area contributed by atoms with Crippen molar-refractivity contribution in [2.24, 2.45) is 0 Å². The zero-order valence-corrected chi connectivity index (χ0v) is 9.97. The highest BCUT2D eigenvalue weighted by atomic mass is 16.1. The third kappa shape index (κ3) is 1.70. The summed E-state index contributed by atoms with van der Waals surface area (Å²) >= 11 is 0. The molecular formula is C15H12N2O. The second kappa shape index (κ2) is 4.11. The molecule has 18 heavy (non-hydrogen) atoms. The van der Waals surface area contributed by atoms with Crippen LogP contribution in [-0.4, -0.2) is 9.97 Å². The lowest BCUT2D eigenvalue weighted by Crippen LogP contribution is -2.04. The zero-order chi connectivity index (χ0) is 12.5. The Hall–Kier alpha value is -2.42. The average molecular weight is 236 g/mol. The molecule has 2 heterocycles.